The molecule has 7 heteroatoms. The normalized spacial score (nSPS) is 11.9. The van der Waals surface area contributed by atoms with Crippen LogP contribution in [0.2, 0.25) is 0 Å². The largest absolute Gasteiger partial charge is 0.450 e. The van der Waals surface area contributed by atoms with Crippen LogP contribution in [0.3, 0.4) is 0 Å². The molecule has 0 saturated heterocycles. The Morgan fingerprint density at radius 3 is 1.74 bits per heavy atom. The Balaban J connectivity index is 4.95. The second-order valence-electron chi connectivity index (χ2n) is 4.00. The lowest BCUT2D eigenvalue weighted by molar-refractivity contribution is 0.153. The summed E-state index contributed by atoms with van der Waals surface area (Å²) in [6, 6.07) is 0. The van der Waals surface area contributed by atoms with Gasteiger partial charge in [0.1, 0.15) is 6.29 Å². The molecule has 6 nitrogen and oxygen atoms in total. The Bertz CT molecular complexity index is 289. The van der Waals surface area contributed by atoms with Gasteiger partial charge >= 0.3 is 6.09 Å². The molecule has 0 aliphatic carbocycles. The molecule has 0 radical (unpaired) electrons. The molecule has 0 spiro atoms. The van der Waals surface area contributed by atoms with Crippen LogP contribution < -0.4 is 5.32 Å². The third kappa shape index (κ3) is 5.13. The van der Waals surface area contributed by atoms with Crippen molar-refractivity contribution in [2.24, 2.45) is 0 Å². The van der Waals surface area contributed by atoms with Gasteiger partial charge in [0.15, 0.2) is 0 Å². The van der Waals surface area contributed by atoms with Crippen molar-refractivity contribution in [3.63, 3.8) is 0 Å². The summed E-state index contributed by atoms with van der Waals surface area (Å²) >= 11 is 0. The van der Waals surface area contributed by atoms with Gasteiger partial charge in [-0.25, -0.2) is 14.1 Å². The molecular formula is C12H28N3O3P. The summed E-state index contributed by atoms with van der Waals surface area (Å²) in [5, 5.41) is 2.61. The number of hydrogen-bond donors (Lipinski definition) is 1. The lowest BCUT2D eigenvalue weighted by atomic mass is 10.7. The van der Waals surface area contributed by atoms with E-state index in [4.69, 9.17) is 4.74 Å². The molecule has 0 bridgehead atoms. The molecule has 0 aliphatic rings. The van der Waals surface area contributed by atoms with Gasteiger partial charge in [-0.1, -0.05) is 27.7 Å². The number of carbonyl (C=O) groups excluding carboxylic acids is 1. The lowest BCUT2D eigenvalue weighted by Crippen LogP contribution is -2.38. The van der Waals surface area contributed by atoms with Crippen LogP contribution in [0.25, 0.3) is 0 Å². The van der Waals surface area contributed by atoms with Gasteiger partial charge in [0.2, 0.25) is 7.44 Å². The van der Waals surface area contributed by atoms with Crippen molar-refractivity contribution < 1.29 is 14.1 Å². The van der Waals surface area contributed by atoms with Gasteiger partial charge in [-0.3, -0.25) is 4.57 Å². The highest BCUT2D eigenvalue weighted by Gasteiger charge is 2.34. The Kier molecular flexibility index (Phi) is 9.06. The maximum Gasteiger partial charge on any atom is 0.407 e. The zero-order valence-corrected chi connectivity index (χ0v) is 13.7. The number of nitrogens with zero attached hydrogens (tertiary/aromatic N) is 2. The quantitative estimate of drug-likeness (QED) is 0.662. The number of hydrogen-bond acceptors (Lipinski definition) is 3. The summed E-state index contributed by atoms with van der Waals surface area (Å²) in [7, 11) is -2.76. The summed E-state index contributed by atoms with van der Waals surface area (Å²) in [5.41, 5.74) is 0. The van der Waals surface area contributed by atoms with Gasteiger partial charge in [0.25, 0.3) is 0 Å². The van der Waals surface area contributed by atoms with Crippen molar-refractivity contribution in [2.75, 3.05) is 39.1 Å². The number of amides is 1. The fraction of sp³-hybridized carbons (Fsp3) is 0.917. The smallest absolute Gasteiger partial charge is 0.407 e. The van der Waals surface area contributed by atoms with Crippen molar-refractivity contribution >= 4 is 13.5 Å². The second-order valence-corrected chi connectivity index (χ2v) is 6.77. The first kappa shape index (κ1) is 18.4. The Morgan fingerprint density at radius 1 is 1.00 bits per heavy atom. The Morgan fingerprint density at radius 2 is 1.42 bits per heavy atom. The van der Waals surface area contributed by atoms with Crippen LogP contribution in [-0.2, 0) is 9.30 Å². The van der Waals surface area contributed by atoms with Gasteiger partial charge in [-0.05, 0) is 6.92 Å². The number of rotatable bonds is 9. The molecule has 114 valence electrons. The van der Waals surface area contributed by atoms with Crippen LogP contribution >= 0.6 is 7.44 Å². The van der Waals surface area contributed by atoms with Crippen LogP contribution in [-0.4, -0.2) is 54.5 Å². The van der Waals surface area contributed by atoms with Gasteiger partial charge < -0.3 is 10.1 Å². The summed E-state index contributed by atoms with van der Waals surface area (Å²) in [6.07, 6.45) is -0.392. The average molecular weight is 293 g/mol. The van der Waals surface area contributed by atoms with E-state index < -0.39 is 13.5 Å². The first-order chi connectivity index (χ1) is 8.99. The van der Waals surface area contributed by atoms with Crippen molar-refractivity contribution in [2.45, 2.75) is 34.6 Å². The minimum absolute atomic E-state index is 0.120. The second kappa shape index (κ2) is 9.34. The molecule has 0 aromatic heterocycles. The van der Waals surface area contributed by atoms with Gasteiger partial charge in [-0.15, -0.1) is 0 Å². The molecule has 0 aliphatic heterocycles. The van der Waals surface area contributed by atoms with Gasteiger partial charge in [0, 0.05) is 26.2 Å². The van der Waals surface area contributed by atoms with E-state index in [0.29, 0.717) is 32.8 Å². The standard InChI is InChI=1S/C12H28N3O3P/c1-6-14(7-2)19(17,15(8-3)9-4)11-13-12(16)18-10-5/h6-11H2,1-5H3,(H,13,16). The highest BCUT2D eigenvalue weighted by molar-refractivity contribution is 7.59. The summed E-state index contributed by atoms with van der Waals surface area (Å²) in [4.78, 5) is 11.4. The number of nitrogens with one attached hydrogen (secondary N) is 1. The predicted octanol–water partition coefficient (Wildman–Crippen LogP) is 2.57. The zero-order chi connectivity index (χ0) is 14.9. The van der Waals surface area contributed by atoms with E-state index in [-0.39, 0.29) is 6.29 Å². The molecule has 0 aromatic carbocycles. The first-order valence-electron chi connectivity index (χ1n) is 7.00. The van der Waals surface area contributed by atoms with Crippen molar-refractivity contribution in [3.8, 4) is 0 Å². The molecule has 0 fully saturated rings. The predicted molar refractivity (Wildman–Crippen MR) is 78.5 cm³/mol. The maximum absolute atomic E-state index is 13.2. The average Bonchev–Trinajstić information content (AvgIpc) is 2.39. The van der Waals surface area contributed by atoms with E-state index in [1.807, 2.05) is 37.0 Å². The third-order valence-electron chi connectivity index (χ3n) is 3.05. The van der Waals surface area contributed by atoms with Crippen LogP contribution in [0.1, 0.15) is 34.6 Å². The minimum atomic E-state index is -2.76. The lowest BCUT2D eigenvalue weighted by Gasteiger charge is -2.37. The van der Waals surface area contributed by atoms with E-state index >= 15 is 0 Å². The molecule has 0 heterocycles. The molecule has 0 aromatic rings. The number of carbonyl (C=O) groups is 1. The molecular weight excluding hydrogens is 265 g/mol. The SMILES string of the molecule is CCOC(=O)NCP(=O)(N(CC)CC)N(CC)CC. The Hall–Kier alpha value is -0.580. The summed E-state index contributed by atoms with van der Waals surface area (Å²) in [6.45, 7) is 12.7. The number of ether oxygens (including phenoxy) is 1. The fourth-order valence-corrected chi connectivity index (χ4v) is 4.92. The van der Waals surface area contributed by atoms with E-state index in [2.05, 4.69) is 5.32 Å². The molecule has 1 N–H and O–H groups in total. The van der Waals surface area contributed by atoms with E-state index in [1.165, 1.54) is 0 Å². The van der Waals surface area contributed by atoms with Crippen molar-refractivity contribution in [1.82, 2.24) is 14.7 Å². The van der Waals surface area contributed by atoms with Crippen LogP contribution in [0.5, 0.6) is 0 Å². The van der Waals surface area contributed by atoms with E-state index in [0.717, 1.165) is 0 Å². The van der Waals surface area contributed by atoms with Crippen molar-refractivity contribution in [1.29, 1.82) is 0 Å². The van der Waals surface area contributed by atoms with Crippen LogP contribution in [0.15, 0.2) is 0 Å². The molecule has 0 saturated carbocycles. The first-order valence-corrected chi connectivity index (χ1v) is 8.80. The summed E-state index contributed by atoms with van der Waals surface area (Å²) in [5.74, 6) is 0. The summed E-state index contributed by atoms with van der Waals surface area (Å²) < 4.78 is 21.9. The van der Waals surface area contributed by atoms with E-state index in [9.17, 15) is 9.36 Å². The highest BCUT2D eigenvalue weighted by Crippen LogP contribution is 2.51. The van der Waals surface area contributed by atoms with Crippen LogP contribution in [0, 0.1) is 0 Å². The highest BCUT2D eigenvalue weighted by atomic mass is 31.2. The maximum atomic E-state index is 13.2. The Labute approximate surface area is 117 Å². The molecule has 1 amide bonds. The van der Waals surface area contributed by atoms with Crippen molar-refractivity contribution in [3.05, 3.63) is 0 Å². The molecule has 0 unspecified atom stereocenters. The van der Waals surface area contributed by atoms with Gasteiger partial charge in [0.05, 0.1) is 6.61 Å². The van der Waals surface area contributed by atoms with Gasteiger partial charge in [-0.2, -0.15) is 0 Å². The minimum Gasteiger partial charge on any atom is -0.450 e. The monoisotopic (exact) mass is 293 g/mol. The molecule has 0 rings (SSSR count). The topological polar surface area (TPSA) is 61.9 Å². The van der Waals surface area contributed by atoms with E-state index in [1.54, 1.807) is 6.92 Å². The number of alkyl carbamates (subject to hydrolysis) is 1. The third-order valence-corrected chi connectivity index (χ3v) is 6.52. The molecule has 0 atom stereocenters. The molecule has 19 heavy (non-hydrogen) atoms. The zero-order valence-electron chi connectivity index (χ0n) is 12.8. The van der Waals surface area contributed by atoms with Crippen LogP contribution in [0.4, 0.5) is 4.79 Å². The fourth-order valence-electron chi connectivity index (χ4n) is 2.06.